The third-order valence-corrected chi connectivity index (χ3v) is 6.16. The molecule has 1 aromatic heterocycles. The van der Waals surface area contributed by atoms with Crippen LogP contribution in [0.1, 0.15) is 31.5 Å². The van der Waals surface area contributed by atoms with E-state index in [1.165, 1.54) is 44.1 Å². The molecular formula is C20H22F3N5O2. The van der Waals surface area contributed by atoms with Gasteiger partial charge in [0.25, 0.3) is 0 Å². The van der Waals surface area contributed by atoms with Crippen molar-refractivity contribution < 1.29 is 22.7 Å². The molecule has 0 bridgehead atoms. The zero-order chi connectivity index (χ0) is 21.5. The Kier molecular flexibility index (Phi) is 5.03. The van der Waals surface area contributed by atoms with Gasteiger partial charge in [0.2, 0.25) is 0 Å². The number of aromatic nitrogens is 2. The third kappa shape index (κ3) is 3.33. The Morgan fingerprint density at radius 2 is 2.03 bits per heavy atom. The number of ketones is 1. The van der Waals surface area contributed by atoms with E-state index >= 15 is 0 Å². The Hall–Kier alpha value is -2.91. The second kappa shape index (κ2) is 7.41. The lowest BCUT2D eigenvalue weighted by atomic mass is 9.61. The van der Waals surface area contributed by atoms with Crippen molar-refractivity contribution in [3.8, 4) is 5.75 Å². The van der Waals surface area contributed by atoms with Crippen molar-refractivity contribution in [2.75, 3.05) is 13.7 Å². The molecule has 3 aliphatic rings. The van der Waals surface area contributed by atoms with Gasteiger partial charge in [0.05, 0.1) is 31.8 Å². The zero-order valence-corrected chi connectivity index (χ0v) is 16.6. The second-order valence-corrected chi connectivity index (χ2v) is 7.74. The van der Waals surface area contributed by atoms with Crippen LogP contribution in [0.2, 0.25) is 0 Å². The number of rotatable bonds is 5. The predicted molar refractivity (Wildman–Crippen MR) is 103 cm³/mol. The zero-order valence-electron chi connectivity index (χ0n) is 16.6. The summed E-state index contributed by atoms with van der Waals surface area (Å²) in [4.78, 5) is 19.8. The molecule has 0 aromatic carbocycles. The Morgan fingerprint density at radius 1 is 1.30 bits per heavy atom. The summed E-state index contributed by atoms with van der Waals surface area (Å²) in [5, 5.41) is 8.21. The number of hydrogen-bond donors (Lipinski definition) is 1. The molecule has 0 amide bonds. The Labute approximate surface area is 171 Å². The van der Waals surface area contributed by atoms with Gasteiger partial charge < -0.3 is 10.1 Å². The van der Waals surface area contributed by atoms with Gasteiger partial charge >= 0.3 is 6.18 Å². The molecule has 1 aromatic rings. The van der Waals surface area contributed by atoms with E-state index in [0.717, 1.165) is 0 Å². The monoisotopic (exact) mass is 421 g/mol. The SMILES string of the molecule is COc1cnc(C2CCC2C2(C(F)(F)F)C=CC(C(C)N3CC(=O)C=N3)=CN2)nc1. The summed E-state index contributed by atoms with van der Waals surface area (Å²) in [5.74, 6) is -0.430. The molecule has 1 N–H and O–H groups in total. The molecule has 7 nitrogen and oxygen atoms in total. The van der Waals surface area contributed by atoms with Crippen molar-refractivity contribution in [2.24, 2.45) is 11.0 Å². The molecule has 30 heavy (non-hydrogen) atoms. The smallest absolute Gasteiger partial charge is 0.415 e. The first-order chi connectivity index (χ1) is 14.2. The van der Waals surface area contributed by atoms with Gasteiger partial charge in [0.15, 0.2) is 17.1 Å². The van der Waals surface area contributed by atoms with Crippen LogP contribution in [0, 0.1) is 5.92 Å². The van der Waals surface area contributed by atoms with Crippen LogP contribution in [-0.4, -0.2) is 58.4 Å². The van der Waals surface area contributed by atoms with E-state index in [1.807, 2.05) is 0 Å². The summed E-state index contributed by atoms with van der Waals surface area (Å²) >= 11 is 0. The van der Waals surface area contributed by atoms with Crippen molar-refractivity contribution in [3.63, 3.8) is 0 Å². The van der Waals surface area contributed by atoms with Crippen molar-refractivity contribution in [1.29, 1.82) is 0 Å². The number of carbonyl (C=O) groups is 1. The summed E-state index contributed by atoms with van der Waals surface area (Å²) in [7, 11) is 1.48. The molecule has 1 fully saturated rings. The summed E-state index contributed by atoms with van der Waals surface area (Å²) in [6.45, 7) is 1.92. The number of nitrogens with one attached hydrogen (secondary N) is 1. The number of carbonyl (C=O) groups excluding carboxylic acids is 1. The van der Waals surface area contributed by atoms with E-state index in [9.17, 15) is 18.0 Å². The van der Waals surface area contributed by atoms with E-state index in [4.69, 9.17) is 4.74 Å². The maximum absolute atomic E-state index is 14.3. The van der Waals surface area contributed by atoms with Gasteiger partial charge in [0, 0.05) is 18.0 Å². The first-order valence-electron chi connectivity index (χ1n) is 9.68. The molecule has 4 unspecified atom stereocenters. The topological polar surface area (TPSA) is 79.7 Å². The van der Waals surface area contributed by atoms with Crippen LogP contribution in [0.15, 0.2) is 41.4 Å². The van der Waals surface area contributed by atoms with Gasteiger partial charge in [-0.15, -0.1) is 0 Å². The summed E-state index contributed by atoms with van der Waals surface area (Å²) in [5.41, 5.74) is -1.58. The minimum Gasteiger partial charge on any atom is -0.494 e. The van der Waals surface area contributed by atoms with E-state index in [2.05, 4.69) is 20.4 Å². The lowest BCUT2D eigenvalue weighted by Gasteiger charge is -2.50. The third-order valence-electron chi connectivity index (χ3n) is 6.16. The Balaban J connectivity index is 1.56. The van der Waals surface area contributed by atoms with Gasteiger partial charge in [-0.3, -0.25) is 9.80 Å². The number of Topliss-reactive ketones (excluding diaryl/α,β-unsaturated/α-hetero) is 1. The molecule has 0 radical (unpaired) electrons. The first-order valence-corrected chi connectivity index (χ1v) is 9.68. The molecule has 0 spiro atoms. The fraction of sp³-hybridized carbons (Fsp3) is 0.500. The number of ether oxygens (including phenoxy) is 1. The largest absolute Gasteiger partial charge is 0.494 e. The summed E-state index contributed by atoms with van der Waals surface area (Å²) < 4.78 is 47.9. The number of hydrazone groups is 1. The molecule has 1 aliphatic carbocycles. The average molecular weight is 421 g/mol. The molecule has 4 atom stereocenters. The molecule has 160 valence electrons. The number of methoxy groups -OCH3 is 1. The number of alkyl halides is 3. The molecule has 3 heterocycles. The van der Waals surface area contributed by atoms with E-state index in [-0.39, 0.29) is 18.4 Å². The van der Waals surface area contributed by atoms with Crippen LogP contribution in [0.3, 0.4) is 0 Å². The van der Waals surface area contributed by atoms with Crippen LogP contribution in [0.4, 0.5) is 13.2 Å². The number of nitrogens with zero attached hydrogens (tertiary/aromatic N) is 4. The van der Waals surface area contributed by atoms with Crippen LogP contribution < -0.4 is 10.1 Å². The minimum atomic E-state index is -4.51. The Bertz CT molecular complexity index is 912. The highest BCUT2D eigenvalue weighted by Crippen LogP contribution is 2.54. The molecule has 4 rings (SSSR count). The molecule has 10 heteroatoms. The number of hydrogen-bond acceptors (Lipinski definition) is 7. The standard InChI is InChI=1S/C20H22F3N5O2/c1-12(28-11-14(29)8-27-28)13-5-6-19(26-7-13,20(21,22)23)17-4-3-16(17)18-24-9-15(30-2)10-25-18/h5-10,12,16-17,26H,3-4,11H2,1-2H3. The lowest BCUT2D eigenvalue weighted by molar-refractivity contribution is -0.204. The average Bonchev–Trinajstić information content (AvgIpc) is 3.13. The maximum atomic E-state index is 14.3. The lowest BCUT2D eigenvalue weighted by Crippen LogP contribution is -2.63. The van der Waals surface area contributed by atoms with E-state index < -0.39 is 23.6 Å². The van der Waals surface area contributed by atoms with E-state index in [1.54, 1.807) is 11.9 Å². The van der Waals surface area contributed by atoms with Gasteiger partial charge in [-0.2, -0.15) is 18.3 Å². The molecule has 2 aliphatic heterocycles. The van der Waals surface area contributed by atoms with Crippen LogP contribution in [-0.2, 0) is 4.79 Å². The molecule has 0 saturated heterocycles. The number of dihydropyridines is 1. The highest BCUT2D eigenvalue weighted by atomic mass is 19.4. The van der Waals surface area contributed by atoms with Gasteiger partial charge in [-0.1, -0.05) is 6.08 Å². The summed E-state index contributed by atoms with van der Waals surface area (Å²) in [6, 6.07) is -0.329. The molecular weight excluding hydrogens is 399 g/mol. The fourth-order valence-electron chi connectivity index (χ4n) is 4.17. The van der Waals surface area contributed by atoms with Crippen LogP contribution >= 0.6 is 0 Å². The second-order valence-electron chi connectivity index (χ2n) is 7.74. The van der Waals surface area contributed by atoms with Crippen molar-refractivity contribution in [2.45, 2.75) is 43.4 Å². The summed E-state index contributed by atoms with van der Waals surface area (Å²) in [6.07, 6.45) is 4.72. The van der Waals surface area contributed by atoms with Crippen molar-refractivity contribution in [3.05, 3.63) is 42.1 Å². The van der Waals surface area contributed by atoms with Crippen LogP contribution in [0.25, 0.3) is 0 Å². The van der Waals surface area contributed by atoms with Gasteiger partial charge in [-0.25, -0.2) is 9.97 Å². The molecule has 1 saturated carbocycles. The predicted octanol–water partition coefficient (Wildman–Crippen LogP) is 2.58. The minimum absolute atomic E-state index is 0.121. The highest BCUT2D eigenvalue weighted by molar-refractivity contribution is 6.29. The normalized spacial score (nSPS) is 29.3. The maximum Gasteiger partial charge on any atom is 0.415 e. The Morgan fingerprint density at radius 3 is 2.50 bits per heavy atom. The fourth-order valence-corrected chi connectivity index (χ4v) is 4.17. The van der Waals surface area contributed by atoms with Crippen molar-refractivity contribution >= 4 is 12.0 Å². The van der Waals surface area contributed by atoms with Crippen LogP contribution in [0.5, 0.6) is 5.75 Å². The van der Waals surface area contributed by atoms with Gasteiger partial charge in [-0.05, 0) is 31.4 Å². The first kappa shape index (κ1) is 20.4. The number of halogens is 3. The van der Waals surface area contributed by atoms with Crippen molar-refractivity contribution in [1.82, 2.24) is 20.3 Å². The van der Waals surface area contributed by atoms with Gasteiger partial charge in [0.1, 0.15) is 12.4 Å². The highest BCUT2D eigenvalue weighted by Gasteiger charge is 2.62. The van der Waals surface area contributed by atoms with E-state index in [0.29, 0.717) is 30.0 Å². The quantitative estimate of drug-likeness (QED) is 0.787.